The highest BCUT2D eigenvalue weighted by Crippen LogP contribution is 2.33. The normalized spacial score (nSPS) is 15.8. The topological polar surface area (TPSA) is 68.9 Å². The van der Waals surface area contributed by atoms with Crippen molar-refractivity contribution in [1.29, 1.82) is 0 Å². The Balaban J connectivity index is 1.86. The molecule has 1 saturated carbocycles. The number of nitrogens with zero attached hydrogens (tertiary/aromatic N) is 3. The zero-order valence-corrected chi connectivity index (χ0v) is 15.3. The molecule has 3 rings (SSSR count). The lowest BCUT2D eigenvalue weighted by molar-refractivity contribution is 0.0889. The van der Waals surface area contributed by atoms with Crippen LogP contribution in [0, 0.1) is 12.3 Å². The number of pyridine rings is 1. The van der Waals surface area contributed by atoms with Crippen molar-refractivity contribution in [3.05, 3.63) is 52.5 Å². The van der Waals surface area contributed by atoms with Crippen LogP contribution in [-0.4, -0.2) is 26.1 Å². The van der Waals surface area contributed by atoms with E-state index in [-0.39, 0.29) is 34.5 Å². The number of amides is 1. The van der Waals surface area contributed by atoms with Gasteiger partial charge in [-0.1, -0.05) is 20.8 Å². The fraction of sp³-hybridized carbons (Fsp3) is 0.526. The number of aryl methyl sites for hydroxylation is 1. The van der Waals surface area contributed by atoms with Crippen molar-refractivity contribution >= 4 is 5.91 Å². The van der Waals surface area contributed by atoms with Crippen LogP contribution in [0.5, 0.6) is 0 Å². The summed E-state index contributed by atoms with van der Waals surface area (Å²) in [6.07, 6.45) is 9.15. The number of imidazole rings is 1. The average molecular weight is 342 g/mol. The standard InChI is InChI=1S/C19H26N4O2/c1-13-7-9-23(14-5-6-14)18(25)16(13)17(24)21-15(19(2,3)4)11-22-10-8-20-12-22/h7-10,12,14-15H,5-6,11H2,1-4H3,(H,21,24). The maximum atomic E-state index is 12.9. The molecule has 2 aromatic heterocycles. The molecular weight excluding hydrogens is 316 g/mol. The lowest BCUT2D eigenvalue weighted by Gasteiger charge is -2.32. The van der Waals surface area contributed by atoms with Gasteiger partial charge in [-0.3, -0.25) is 9.59 Å². The SMILES string of the molecule is Cc1ccn(C2CC2)c(=O)c1C(=O)NC(Cn1ccnc1)C(C)(C)C. The summed E-state index contributed by atoms with van der Waals surface area (Å²) in [6, 6.07) is 1.99. The van der Waals surface area contributed by atoms with Gasteiger partial charge in [-0.05, 0) is 36.8 Å². The first-order chi connectivity index (χ1) is 11.8. The molecule has 0 aromatic carbocycles. The second kappa shape index (κ2) is 6.50. The van der Waals surface area contributed by atoms with E-state index >= 15 is 0 Å². The molecule has 25 heavy (non-hydrogen) atoms. The number of carbonyl (C=O) groups excluding carboxylic acids is 1. The Morgan fingerprint density at radius 2 is 2.08 bits per heavy atom. The highest BCUT2D eigenvalue weighted by Gasteiger charge is 2.30. The van der Waals surface area contributed by atoms with Gasteiger partial charge < -0.3 is 14.5 Å². The minimum atomic E-state index is -0.294. The van der Waals surface area contributed by atoms with E-state index in [1.807, 2.05) is 23.8 Å². The molecular formula is C19H26N4O2. The molecule has 0 saturated heterocycles. The van der Waals surface area contributed by atoms with Gasteiger partial charge in [0, 0.05) is 31.2 Å². The molecule has 1 N–H and O–H groups in total. The van der Waals surface area contributed by atoms with E-state index in [0.717, 1.165) is 18.4 Å². The highest BCUT2D eigenvalue weighted by molar-refractivity contribution is 5.95. The van der Waals surface area contributed by atoms with E-state index in [4.69, 9.17) is 0 Å². The predicted molar refractivity (Wildman–Crippen MR) is 96.6 cm³/mol. The Bertz CT molecular complexity index is 811. The van der Waals surface area contributed by atoms with E-state index in [9.17, 15) is 9.59 Å². The summed E-state index contributed by atoms with van der Waals surface area (Å²) >= 11 is 0. The molecule has 2 aromatic rings. The summed E-state index contributed by atoms with van der Waals surface area (Å²) in [5, 5.41) is 3.08. The van der Waals surface area contributed by atoms with Gasteiger partial charge in [0.05, 0.1) is 12.4 Å². The van der Waals surface area contributed by atoms with Crippen molar-refractivity contribution in [2.24, 2.45) is 5.41 Å². The number of rotatable bonds is 5. The van der Waals surface area contributed by atoms with Gasteiger partial charge in [-0.2, -0.15) is 0 Å². The second-order valence-corrected chi connectivity index (χ2v) is 7.97. The molecule has 1 aliphatic carbocycles. The Hall–Kier alpha value is -2.37. The quantitative estimate of drug-likeness (QED) is 0.908. The molecule has 1 fully saturated rings. The first-order valence-electron chi connectivity index (χ1n) is 8.75. The average Bonchev–Trinajstić information content (AvgIpc) is 3.22. The van der Waals surface area contributed by atoms with Crippen LogP contribution in [0.2, 0.25) is 0 Å². The third kappa shape index (κ3) is 3.83. The molecule has 0 spiro atoms. The summed E-state index contributed by atoms with van der Waals surface area (Å²) in [4.78, 5) is 29.7. The van der Waals surface area contributed by atoms with Crippen molar-refractivity contribution in [2.45, 2.75) is 59.2 Å². The summed E-state index contributed by atoms with van der Waals surface area (Å²) in [5.74, 6) is -0.294. The van der Waals surface area contributed by atoms with E-state index in [1.54, 1.807) is 23.3 Å². The van der Waals surface area contributed by atoms with Crippen LogP contribution in [0.4, 0.5) is 0 Å². The molecule has 1 unspecified atom stereocenters. The van der Waals surface area contributed by atoms with Crippen LogP contribution < -0.4 is 10.9 Å². The summed E-state index contributed by atoms with van der Waals surface area (Å²) < 4.78 is 3.64. The molecule has 1 aliphatic rings. The van der Waals surface area contributed by atoms with Crippen LogP contribution in [0.15, 0.2) is 35.8 Å². The monoisotopic (exact) mass is 342 g/mol. The van der Waals surface area contributed by atoms with Gasteiger partial charge in [-0.15, -0.1) is 0 Å². The summed E-state index contributed by atoms with van der Waals surface area (Å²) in [7, 11) is 0. The third-order valence-corrected chi connectivity index (χ3v) is 4.80. The molecule has 0 aliphatic heterocycles. The molecule has 1 atom stereocenters. The van der Waals surface area contributed by atoms with Crippen molar-refractivity contribution in [3.63, 3.8) is 0 Å². The van der Waals surface area contributed by atoms with Crippen LogP contribution in [0.25, 0.3) is 0 Å². The van der Waals surface area contributed by atoms with Gasteiger partial charge in [0.1, 0.15) is 5.56 Å². The van der Waals surface area contributed by atoms with Gasteiger partial charge in [0.2, 0.25) is 0 Å². The summed E-state index contributed by atoms with van der Waals surface area (Å²) in [5.41, 5.74) is 0.636. The maximum Gasteiger partial charge on any atom is 0.263 e. The van der Waals surface area contributed by atoms with Crippen LogP contribution in [0.1, 0.15) is 55.6 Å². The fourth-order valence-electron chi connectivity index (χ4n) is 2.93. The van der Waals surface area contributed by atoms with Crippen LogP contribution in [-0.2, 0) is 6.54 Å². The smallest absolute Gasteiger partial charge is 0.263 e. The maximum absolute atomic E-state index is 12.9. The number of aromatic nitrogens is 3. The molecule has 1 amide bonds. The van der Waals surface area contributed by atoms with Crippen LogP contribution in [0.3, 0.4) is 0 Å². The number of hydrogen-bond donors (Lipinski definition) is 1. The minimum Gasteiger partial charge on any atom is -0.347 e. The molecule has 0 radical (unpaired) electrons. The third-order valence-electron chi connectivity index (χ3n) is 4.80. The summed E-state index contributed by atoms with van der Waals surface area (Å²) in [6.45, 7) is 8.66. The molecule has 6 heteroatoms. The number of nitrogens with one attached hydrogen (secondary N) is 1. The van der Waals surface area contributed by atoms with E-state index in [1.165, 1.54) is 0 Å². The fourth-order valence-corrected chi connectivity index (χ4v) is 2.93. The Morgan fingerprint density at radius 1 is 1.36 bits per heavy atom. The van der Waals surface area contributed by atoms with E-state index in [0.29, 0.717) is 6.54 Å². The largest absolute Gasteiger partial charge is 0.347 e. The molecule has 2 heterocycles. The van der Waals surface area contributed by atoms with Gasteiger partial charge >= 0.3 is 0 Å². The molecule has 0 bridgehead atoms. The minimum absolute atomic E-state index is 0.123. The number of carbonyl (C=O) groups is 1. The van der Waals surface area contributed by atoms with Crippen molar-refractivity contribution in [1.82, 2.24) is 19.4 Å². The first kappa shape index (κ1) is 17.5. The predicted octanol–water partition coefficient (Wildman–Crippen LogP) is 2.53. The Morgan fingerprint density at radius 3 is 2.64 bits per heavy atom. The number of hydrogen-bond acceptors (Lipinski definition) is 3. The Kier molecular flexibility index (Phi) is 4.54. The van der Waals surface area contributed by atoms with E-state index in [2.05, 4.69) is 31.1 Å². The zero-order valence-electron chi connectivity index (χ0n) is 15.3. The lowest BCUT2D eigenvalue weighted by atomic mass is 9.86. The highest BCUT2D eigenvalue weighted by atomic mass is 16.2. The Labute approximate surface area is 147 Å². The van der Waals surface area contributed by atoms with Gasteiger partial charge in [0.25, 0.3) is 11.5 Å². The zero-order chi connectivity index (χ0) is 18.2. The van der Waals surface area contributed by atoms with Crippen LogP contribution >= 0.6 is 0 Å². The molecule has 6 nitrogen and oxygen atoms in total. The first-order valence-corrected chi connectivity index (χ1v) is 8.75. The second-order valence-electron chi connectivity index (χ2n) is 7.97. The lowest BCUT2D eigenvalue weighted by Crippen LogP contribution is -2.48. The van der Waals surface area contributed by atoms with Crippen molar-refractivity contribution in [2.75, 3.05) is 0 Å². The van der Waals surface area contributed by atoms with E-state index < -0.39 is 0 Å². The van der Waals surface area contributed by atoms with Crippen molar-refractivity contribution < 1.29 is 4.79 Å². The van der Waals surface area contributed by atoms with Gasteiger partial charge in [0.15, 0.2) is 0 Å². The van der Waals surface area contributed by atoms with Crippen molar-refractivity contribution in [3.8, 4) is 0 Å². The molecule has 134 valence electrons. The van der Waals surface area contributed by atoms with Gasteiger partial charge in [-0.25, -0.2) is 4.98 Å².